The molecule has 1 heterocycles. The maximum absolute atomic E-state index is 13.2. The van der Waals surface area contributed by atoms with Gasteiger partial charge in [-0.05, 0) is 38.2 Å². The van der Waals surface area contributed by atoms with Crippen LogP contribution in [-0.4, -0.2) is 73.7 Å². The highest BCUT2D eigenvalue weighted by atomic mass is 16.6. The Balaban J connectivity index is 1.95. The number of carbonyl (C=O) groups is 2. The second kappa shape index (κ2) is 9.04. The third-order valence-electron chi connectivity index (χ3n) is 5.32. The van der Waals surface area contributed by atoms with Gasteiger partial charge in [-0.1, -0.05) is 18.2 Å². The second-order valence-corrected chi connectivity index (χ2v) is 7.68. The summed E-state index contributed by atoms with van der Waals surface area (Å²) in [6.07, 6.45) is 0.872. The number of nitro groups is 1. The molecule has 8 nitrogen and oxygen atoms in total. The van der Waals surface area contributed by atoms with Gasteiger partial charge in [0.25, 0.3) is 11.6 Å². The molecule has 1 aliphatic rings. The average molecular weight is 410 g/mol. The maximum atomic E-state index is 13.2. The van der Waals surface area contributed by atoms with E-state index in [1.54, 1.807) is 60.3 Å². The van der Waals surface area contributed by atoms with Crippen LogP contribution in [0.4, 0.5) is 11.4 Å². The van der Waals surface area contributed by atoms with Gasteiger partial charge >= 0.3 is 0 Å². The van der Waals surface area contributed by atoms with Crippen molar-refractivity contribution >= 4 is 23.1 Å². The van der Waals surface area contributed by atoms with E-state index in [1.807, 2.05) is 7.05 Å². The average Bonchev–Trinajstić information content (AvgIpc) is 2.96. The Hall–Kier alpha value is -3.26. The first-order valence-corrected chi connectivity index (χ1v) is 9.87. The molecule has 0 atom stereocenters. The molecule has 0 N–H and O–H groups in total. The minimum absolute atomic E-state index is 0.148. The van der Waals surface area contributed by atoms with Crippen LogP contribution >= 0.6 is 0 Å². The van der Waals surface area contributed by atoms with E-state index in [0.717, 1.165) is 19.5 Å². The van der Waals surface area contributed by atoms with Gasteiger partial charge in [0.15, 0.2) is 5.78 Å². The number of amides is 1. The van der Waals surface area contributed by atoms with Crippen molar-refractivity contribution < 1.29 is 14.5 Å². The van der Waals surface area contributed by atoms with E-state index in [-0.39, 0.29) is 22.7 Å². The molecular formula is C22H26N4O4. The zero-order chi connectivity index (χ0) is 21.8. The number of nitrogens with zero attached hydrogens (tertiary/aromatic N) is 4. The van der Waals surface area contributed by atoms with Crippen LogP contribution in [0.3, 0.4) is 0 Å². The zero-order valence-corrected chi connectivity index (χ0v) is 17.5. The van der Waals surface area contributed by atoms with Gasteiger partial charge in [0.2, 0.25) is 0 Å². The van der Waals surface area contributed by atoms with Crippen molar-refractivity contribution in [3.05, 3.63) is 69.3 Å². The van der Waals surface area contributed by atoms with Crippen LogP contribution in [0.15, 0.2) is 42.5 Å². The molecule has 1 amide bonds. The van der Waals surface area contributed by atoms with Crippen molar-refractivity contribution in [3.63, 3.8) is 0 Å². The monoisotopic (exact) mass is 410 g/mol. The molecule has 0 radical (unpaired) electrons. The molecule has 3 rings (SSSR count). The van der Waals surface area contributed by atoms with Gasteiger partial charge in [0, 0.05) is 50.9 Å². The highest BCUT2D eigenvalue weighted by Crippen LogP contribution is 2.29. The maximum Gasteiger partial charge on any atom is 0.293 e. The van der Waals surface area contributed by atoms with E-state index in [1.165, 1.54) is 6.07 Å². The molecule has 2 aromatic rings. The second-order valence-electron chi connectivity index (χ2n) is 7.68. The number of rotatable bonds is 5. The third-order valence-corrected chi connectivity index (χ3v) is 5.32. The molecule has 30 heavy (non-hydrogen) atoms. The van der Waals surface area contributed by atoms with Crippen LogP contribution in [-0.2, 0) is 0 Å². The van der Waals surface area contributed by atoms with E-state index in [9.17, 15) is 19.7 Å². The summed E-state index contributed by atoms with van der Waals surface area (Å²) >= 11 is 0. The van der Waals surface area contributed by atoms with Gasteiger partial charge in [-0.25, -0.2) is 0 Å². The van der Waals surface area contributed by atoms with Crippen LogP contribution in [0.1, 0.15) is 32.7 Å². The van der Waals surface area contributed by atoms with E-state index in [2.05, 4.69) is 4.90 Å². The summed E-state index contributed by atoms with van der Waals surface area (Å²) in [5.74, 6) is -0.590. The minimum Gasteiger partial charge on any atom is -0.372 e. The van der Waals surface area contributed by atoms with Crippen molar-refractivity contribution in [3.8, 4) is 0 Å². The number of nitro benzene ring substituents is 1. The van der Waals surface area contributed by atoms with Gasteiger partial charge in [-0.3, -0.25) is 19.7 Å². The van der Waals surface area contributed by atoms with Crippen LogP contribution in [0.5, 0.6) is 0 Å². The predicted octanol–water partition coefficient (Wildman–Crippen LogP) is 2.67. The lowest BCUT2D eigenvalue weighted by Crippen LogP contribution is -2.35. The molecule has 0 unspecified atom stereocenters. The quantitative estimate of drug-likeness (QED) is 0.428. The van der Waals surface area contributed by atoms with E-state index in [0.29, 0.717) is 24.3 Å². The SMILES string of the molecule is CN1CCCN(C(=O)c2ccccc2C(=O)c2ccc(N(C)C)c([N+](=O)[O-])c2)CC1. The molecule has 8 heteroatoms. The van der Waals surface area contributed by atoms with Gasteiger partial charge in [0.1, 0.15) is 5.69 Å². The lowest BCUT2D eigenvalue weighted by Gasteiger charge is -2.22. The van der Waals surface area contributed by atoms with Crippen LogP contribution in [0, 0.1) is 10.1 Å². The first kappa shape index (κ1) is 21.4. The first-order chi connectivity index (χ1) is 14.3. The predicted molar refractivity (Wildman–Crippen MR) is 115 cm³/mol. The molecule has 1 aliphatic heterocycles. The molecule has 158 valence electrons. The Morgan fingerprint density at radius 2 is 1.70 bits per heavy atom. The van der Waals surface area contributed by atoms with Gasteiger partial charge in [-0.2, -0.15) is 0 Å². The zero-order valence-electron chi connectivity index (χ0n) is 17.5. The standard InChI is InChI=1S/C22H26N4O4/c1-23(2)19-10-9-16(15-20(19)26(29)30)21(27)17-7-4-5-8-18(17)22(28)25-12-6-11-24(3)13-14-25/h4-5,7-10,15H,6,11-14H2,1-3H3. The number of likely N-dealkylation sites (N-methyl/N-ethyl adjacent to an activating group) is 1. The molecule has 2 aromatic carbocycles. The van der Waals surface area contributed by atoms with Gasteiger partial charge in [-0.15, -0.1) is 0 Å². The lowest BCUT2D eigenvalue weighted by atomic mass is 9.96. The molecule has 0 spiro atoms. The van der Waals surface area contributed by atoms with Crippen molar-refractivity contribution in [1.82, 2.24) is 9.80 Å². The van der Waals surface area contributed by atoms with Gasteiger partial charge in [0.05, 0.1) is 10.5 Å². The van der Waals surface area contributed by atoms with Crippen molar-refractivity contribution in [1.29, 1.82) is 0 Å². The first-order valence-electron chi connectivity index (χ1n) is 9.87. The number of hydrogen-bond acceptors (Lipinski definition) is 6. The fourth-order valence-electron chi connectivity index (χ4n) is 3.63. The van der Waals surface area contributed by atoms with Crippen molar-refractivity contribution in [2.45, 2.75) is 6.42 Å². The molecule has 0 aliphatic carbocycles. The Bertz CT molecular complexity index is 973. The van der Waals surface area contributed by atoms with Gasteiger partial charge < -0.3 is 14.7 Å². The molecule has 0 saturated carbocycles. The summed E-state index contributed by atoms with van der Waals surface area (Å²) in [6.45, 7) is 2.93. The fraction of sp³-hybridized carbons (Fsp3) is 0.364. The Kier molecular flexibility index (Phi) is 6.47. The van der Waals surface area contributed by atoms with E-state index >= 15 is 0 Å². The van der Waals surface area contributed by atoms with Crippen LogP contribution in [0.2, 0.25) is 0 Å². The largest absolute Gasteiger partial charge is 0.372 e. The normalized spacial score (nSPS) is 14.8. The Morgan fingerprint density at radius 1 is 1.00 bits per heavy atom. The van der Waals surface area contributed by atoms with E-state index < -0.39 is 10.7 Å². The molecule has 1 saturated heterocycles. The number of carbonyl (C=O) groups excluding carboxylic acids is 2. The number of anilines is 1. The summed E-state index contributed by atoms with van der Waals surface area (Å²) in [6, 6.07) is 11.1. The smallest absolute Gasteiger partial charge is 0.293 e. The minimum atomic E-state index is -0.503. The number of hydrogen-bond donors (Lipinski definition) is 0. The van der Waals surface area contributed by atoms with Crippen LogP contribution in [0.25, 0.3) is 0 Å². The van der Waals surface area contributed by atoms with Crippen molar-refractivity contribution in [2.75, 3.05) is 52.2 Å². The third kappa shape index (κ3) is 4.49. The summed E-state index contributed by atoms with van der Waals surface area (Å²) in [5, 5.41) is 11.5. The number of benzene rings is 2. The summed E-state index contributed by atoms with van der Waals surface area (Å²) in [5.41, 5.74) is 1.03. The summed E-state index contributed by atoms with van der Waals surface area (Å²) < 4.78 is 0. The Morgan fingerprint density at radius 3 is 2.37 bits per heavy atom. The van der Waals surface area contributed by atoms with Crippen LogP contribution < -0.4 is 4.90 Å². The summed E-state index contributed by atoms with van der Waals surface area (Å²) in [7, 11) is 5.43. The highest BCUT2D eigenvalue weighted by molar-refractivity contribution is 6.15. The molecule has 1 fully saturated rings. The van der Waals surface area contributed by atoms with Crippen molar-refractivity contribution in [2.24, 2.45) is 0 Å². The van der Waals surface area contributed by atoms with E-state index in [4.69, 9.17) is 0 Å². The number of ketones is 1. The molecule has 0 bridgehead atoms. The topological polar surface area (TPSA) is 87.0 Å². The lowest BCUT2D eigenvalue weighted by molar-refractivity contribution is -0.384. The molecular weight excluding hydrogens is 384 g/mol. The highest BCUT2D eigenvalue weighted by Gasteiger charge is 2.25. The fourth-order valence-corrected chi connectivity index (χ4v) is 3.63. The summed E-state index contributed by atoms with van der Waals surface area (Å²) in [4.78, 5) is 42.9. The Labute approximate surface area is 175 Å². The molecule has 0 aromatic heterocycles.